The highest BCUT2D eigenvalue weighted by Gasteiger charge is 2.39. The molecule has 2 atom stereocenters. The van der Waals surface area contributed by atoms with Crippen LogP contribution in [0.3, 0.4) is 0 Å². The van der Waals surface area contributed by atoms with E-state index in [9.17, 15) is 14.7 Å². The highest BCUT2D eigenvalue weighted by molar-refractivity contribution is 6.30. The number of carbonyl (C=O) groups is 2. The van der Waals surface area contributed by atoms with Crippen LogP contribution in [0.1, 0.15) is 18.4 Å². The zero-order chi connectivity index (χ0) is 15.4. The van der Waals surface area contributed by atoms with Crippen molar-refractivity contribution in [3.63, 3.8) is 0 Å². The van der Waals surface area contributed by atoms with Crippen LogP contribution in [0.2, 0.25) is 5.02 Å². The number of carbonyl (C=O) groups excluding carboxylic acids is 1. The SMILES string of the molecule is COC1CC(C(=O)O)N(C(=O)CCc2ccc(Cl)cc2)C1. The van der Waals surface area contributed by atoms with Crippen molar-refractivity contribution in [1.29, 1.82) is 0 Å². The summed E-state index contributed by atoms with van der Waals surface area (Å²) < 4.78 is 5.18. The first-order chi connectivity index (χ1) is 10.0. The van der Waals surface area contributed by atoms with Crippen LogP contribution >= 0.6 is 11.6 Å². The molecule has 114 valence electrons. The van der Waals surface area contributed by atoms with Gasteiger partial charge in [-0.1, -0.05) is 23.7 Å². The number of hydrogen-bond acceptors (Lipinski definition) is 3. The Labute approximate surface area is 128 Å². The lowest BCUT2D eigenvalue weighted by atomic mass is 10.1. The zero-order valence-corrected chi connectivity index (χ0v) is 12.5. The average molecular weight is 312 g/mol. The summed E-state index contributed by atoms with van der Waals surface area (Å²) in [6.45, 7) is 0.340. The van der Waals surface area contributed by atoms with Gasteiger partial charge in [0.2, 0.25) is 5.91 Å². The second kappa shape index (κ2) is 6.91. The summed E-state index contributed by atoms with van der Waals surface area (Å²) in [5.74, 6) is -1.13. The summed E-state index contributed by atoms with van der Waals surface area (Å²) in [6.07, 6.45) is 0.988. The largest absolute Gasteiger partial charge is 0.480 e. The Morgan fingerprint density at radius 3 is 2.62 bits per heavy atom. The van der Waals surface area contributed by atoms with Gasteiger partial charge in [0.05, 0.1) is 6.10 Å². The number of carboxylic acid groups (broad SMARTS) is 1. The zero-order valence-electron chi connectivity index (χ0n) is 11.8. The molecule has 0 aliphatic carbocycles. The van der Waals surface area contributed by atoms with Crippen LogP contribution in [0.15, 0.2) is 24.3 Å². The maximum Gasteiger partial charge on any atom is 0.326 e. The summed E-state index contributed by atoms with van der Waals surface area (Å²) in [6, 6.07) is 6.50. The number of nitrogens with zero attached hydrogens (tertiary/aromatic N) is 1. The van der Waals surface area contributed by atoms with Crippen LogP contribution in [0, 0.1) is 0 Å². The molecule has 0 bridgehead atoms. The van der Waals surface area contributed by atoms with Crippen LogP contribution in [-0.4, -0.2) is 47.7 Å². The molecule has 2 rings (SSSR count). The van der Waals surface area contributed by atoms with E-state index in [0.29, 0.717) is 24.4 Å². The minimum absolute atomic E-state index is 0.156. The number of benzene rings is 1. The molecule has 5 nitrogen and oxygen atoms in total. The number of ether oxygens (including phenoxy) is 1. The molecule has 1 heterocycles. The van der Waals surface area contributed by atoms with Crippen molar-refractivity contribution in [2.75, 3.05) is 13.7 Å². The number of aliphatic carboxylic acids is 1. The lowest BCUT2D eigenvalue weighted by Gasteiger charge is -2.21. The fraction of sp³-hybridized carbons (Fsp3) is 0.467. The Hall–Kier alpha value is -1.59. The van der Waals surface area contributed by atoms with Crippen LogP contribution in [-0.2, 0) is 20.7 Å². The van der Waals surface area contributed by atoms with Gasteiger partial charge in [0.25, 0.3) is 0 Å². The number of halogens is 1. The molecule has 0 aromatic heterocycles. The third kappa shape index (κ3) is 3.95. The van der Waals surface area contributed by atoms with Crippen molar-refractivity contribution in [1.82, 2.24) is 4.90 Å². The molecule has 1 aromatic carbocycles. The molecule has 1 N–H and O–H groups in total. The van der Waals surface area contributed by atoms with E-state index in [1.54, 1.807) is 12.1 Å². The monoisotopic (exact) mass is 311 g/mol. The molecule has 1 fully saturated rings. The fourth-order valence-corrected chi connectivity index (χ4v) is 2.65. The first-order valence-electron chi connectivity index (χ1n) is 6.80. The summed E-state index contributed by atoms with van der Waals surface area (Å²) in [4.78, 5) is 24.9. The van der Waals surface area contributed by atoms with E-state index in [1.807, 2.05) is 12.1 Å². The molecule has 0 spiro atoms. The predicted molar refractivity (Wildman–Crippen MR) is 78.3 cm³/mol. The van der Waals surface area contributed by atoms with Gasteiger partial charge >= 0.3 is 5.97 Å². The summed E-state index contributed by atoms with van der Waals surface area (Å²) >= 11 is 5.81. The van der Waals surface area contributed by atoms with Crippen molar-refractivity contribution < 1.29 is 19.4 Å². The van der Waals surface area contributed by atoms with E-state index < -0.39 is 12.0 Å². The molecule has 1 aliphatic rings. The quantitative estimate of drug-likeness (QED) is 0.903. The van der Waals surface area contributed by atoms with Gasteiger partial charge in [-0.05, 0) is 24.1 Å². The number of carboxylic acids is 1. The molecule has 1 aromatic rings. The Kier molecular flexibility index (Phi) is 5.20. The van der Waals surface area contributed by atoms with Crippen molar-refractivity contribution in [2.24, 2.45) is 0 Å². The minimum atomic E-state index is -0.977. The molecule has 0 saturated carbocycles. The summed E-state index contributed by atoms with van der Waals surface area (Å²) in [5.41, 5.74) is 1.00. The lowest BCUT2D eigenvalue weighted by Crippen LogP contribution is -2.40. The normalized spacial score (nSPS) is 21.5. The average Bonchev–Trinajstić information content (AvgIpc) is 2.91. The molecule has 1 saturated heterocycles. The first kappa shape index (κ1) is 15.8. The molecular formula is C15H18ClNO4. The predicted octanol–water partition coefficient (Wildman–Crippen LogP) is 1.97. The molecule has 1 amide bonds. The van der Waals surface area contributed by atoms with Gasteiger partial charge in [-0.25, -0.2) is 4.79 Å². The minimum Gasteiger partial charge on any atom is -0.480 e. The molecule has 1 aliphatic heterocycles. The molecule has 21 heavy (non-hydrogen) atoms. The second-order valence-corrected chi connectivity index (χ2v) is 5.56. The number of hydrogen-bond donors (Lipinski definition) is 1. The smallest absolute Gasteiger partial charge is 0.326 e. The third-order valence-corrected chi connectivity index (χ3v) is 3.99. The Morgan fingerprint density at radius 1 is 1.38 bits per heavy atom. The standard InChI is InChI=1S/C15H18ClNO4/c1-21-12-8-13(15(19)20)17(9-12)14(18)7-4-10-2-5-11(16)6-3-10/h2-3,5-6,12-13H,4,7-9H2,1H3,(H,19,20). The van der Waals surface area contributed by atoms with Crippen LogP contribution in [0.5, 0.6) is 0 Å². The van der Waals surface area contributed by atoms with Gasteiger partial charge in [0.1, 0.15) is 6.04 Å². The van der Waals surface area contributed by atoms with Crippen molar-refractivity contribution >= 4 is 23.5 Å². The van der Waals surface area contributed by atoms with Gasteiger partial charge in [0, 0.05) is 31.5 Å². The number of rotatable bonds is 5. The molecule has 2 unspecified atom stereocenters. The lowest BCUT2D eigenvalue weighted by molar-refractivity contribution is -0.148. The second-order valence-electron chi connectivity index (χ2n) is 5.12. The Bertz CT molecular complexity index is 517. The van der Waals surface area contributed by atoms with E-state index in [1.165, 1.54) is 12.0 Å². The van der Waals surface area contributed by atoms with Gasteiger partial charge in [-0.15, -0.1) is 0 Å². The number of amides is 1. The van der Waals surface area contributed by atoms with Gasteiger partial charge in [0.15, 0.2) is 0 Å². The van der Waals surface area contributed by atoms with Gasteiger partial charge in [-0.2, -0.15) is 0 Å². The number of aryl methyl sites for hydroxylation is 1. The van der Waals surface area contributed by atoms with Gasteiger partial charge in [-0.3, -0.25) is 4.79 Å². The fourth-order valence-electron chi connectivity index (χ4n) is 2.52. The van der Waals surface area contributed by atoms with Crippen molar-refractivity contribution in [3.8, 4) is 0 Å². The maximum atomic E-state index is 12.2. The van der Waals surface area contributed by atoms with E-state index in [-0.39, 0.29) is 18.4 Å². The van der Waals surface area contributed by atoms with E-state index in [2.05, 4.69) is 0 Å². The van der Waals surface area contributed by atoms with Crippen molar-refractivity contribution in [3.05, 3.63) is 34.9 Å². The number of likely N-dealkylation sites (tertiary alicyclic amines) is 1. The molecular weight excluding hydrogens is 294 g/mol. The van der Waals surface area contributed by atoms with Crippen molar-refractivity contribution in [2.45, 2.75) is 31.4 Å². The third-order valence-electron chi connectivity index (χ3n) is 3.74. The van der Waals surface area contributed by atoms with E-state index in [0.717, 1.165) is 5.56 Å². The topological polar surface area (TPSA) is 66.8 Å². The highest BCUT2D eigenvalue weighted by Crippen LogP contribution is 2.22. The Balaban J connectivity index is 1.95. The van der Waals surface area contributed by atoms with Crippen LogP contribution in [0.4, 0.5) is 0 Å². The van der Waals surface area contributed by atoms with E-state index >= 15 is 0 Å². The van der Waals surface area contributed by atoms with Crippen LogP contribution < -0.4 is 0 Å². The van der Waals surface area contributed by atoms with Crippen LogP contribution in [0.25, 0.3) is 0 Å². The molecule has 6 heteroatoms. The summed E-state index contributed by atoms with van der Waals surface area (Å²) in [5, 5.41) is 9.85. The summed E-state index contributed by atoms with van der Waals surface area (Å²) in [7, 11) is 1.53. The first-order valence-corrected chi connectivity index (χ1v) is 7.18. The Morgan fingerprint density at radius 2 is 2.05 bits per heavy atom. The van der Waals surface area contributed by atoms with Gasteiger partial charge < -0.3 is 14.7 Å². The highest BCUT2D eigenvalue weighted by atomic mass is 35.5. The number of methoxy groups -OCH3 is 1. The van der Waals surface area contributed by atoms with E-state index in [4.69, 9.17) is 16.3 Å². The molecule has 0 radical (unpaired) electrons. The maximum absolute atomic E-state index is 12.2.